The summed E-state index contributed by atoms with van der Waals surface area (Å²) < 4.78 is 0. The van der Waals surface area contributed by atoms with Crippen LogP contribution in [0, 0.1) is 0 Å². The molecule has 0 saturated carbocycles. The van der Waals surface area contributed by atoms with Crippen LogP contribution in [0.4, 0.5) is 0 Å². The highest BCUT2D eigenvalue weighted by molar-refractivity contribution is 5.82. The van der Waals surface area contributed by atoms with Crippen LogP contribution in [0.3, 0.4) is 0 Å². The van der Waals surface area contributed by atoms with Gasteiger partial charge in [-0.2, -0.15) is 0 Å². The van der Waals surface area contributed by atoms with Crippen molar-refractivity contribution in [3.8, 4) is 0 Å². The van der Waals surface area contributed by atoms with Gasteiger partial charge in [0.2, 0.25) is 5.91 Å². The Bertz CT molecular complexity index is 242. The lowest BCUT2D eigenvalue weighted by atomic mass is 10.2. The van der Waals surface area contributed by atoms with Crippen molar-refractivity contribution in [2.45, 2.75) is 19.4 Å². The van der Waals surface area contributed by atoms with Gasteiger partial charge in [0.15, 0.2) is 0 Å². The molecule has 1 saturated heterocycles. The molecule has 0 spiro atoms. The first-order chi connectivity index (χ1) is 6.52. The molecule has 1 N–H and O–H groups in total. The number of nitrogens with zero attached hydrogens (tertiary/aromatic N) is 2. The lowest BCUT2D eigenvalue weighted by molar-refractivity contribution is -0.142. The van der Waals surface area contributed by atoms with Gasteiger partial charge >= 0.3 is 5.97 Å². The summed E-state index contributed by atoms with van der Waals surface area (Å²) in [4.78, 5) is 25.6. The summed E-state index contributed by atoms with van der Waals surface area (Å²) in [7, 11) is 1.90. The summed E-state index contributed by atoms with van der Waals surface area (Å²) in [5, 5.41) is 8.50. The fourth-order valence-electron chi connectivity index (χ4n) is 1.49. The number of carbonyl (C=O) groups is 2. The number of carboxylic acid groups (broad SMARTS) is 1. The van der Waals surface area contributed by atoms with Crippen LogP contribution in [0.5, 0.6) is 0 Å². The van der Waals surface area contributed by atoms with E-state index in [1.54, 1.807) is 4.90 Å². The maximum atomic E-state index is 11.6. The SMILES string of the molecule is CC1C(=O)N(CCC(=O)O)CCN1C. The van der Waals surface area contributed by atoms with Crippen LogP contribution >= 0.6 is 0 Å². The highest BCUT2D eigenvalue weighted by Crippen LogP contribution is 2.08. The third-order valence-corrected chi connectivity index (χ3v) is 2.65. The van der Waals surface area contributed by atoms with Gasteiger partial charge in [-0.3, -0.25) is 14.5 Å². The molecule has 1 atom stereocenters. The Labute approximate surface area is 83.3 Å². The monoisotopic (exact) mass is 200 g/mol. The maximum absolute atomic E-state index is 11.6. The number of carbonyl (C=O) groups excluding carboxylic acids is 1. The molecule has 0 aromatic carbocycles. The van der Waals surface area contributed by atoms with E-state index in [9.17, 15) is 9.59 Å². The molecule has 1 rings (SSSR count). The zero-order valence-electron chi connectivity index (χ0n) is 8.56. The smallest absolute Gasteiger partial charge is 0.305 e. The molecule has 0 aromatic heterocycles. The first kappa shape index (κ1) is 11.0. The van der Waals surface area contributed by atoms with Gasteiger partial charge in [0.05, 0.1) is 12.5 Å². The molecule has 1 aliphatic rings. The molecule has 14 heavy (non-hydrogen) atoms. The van der Waals surface area contributed by atoms with Gasteiger partial charge in [-0.25, -0.2) is 0 Å². The molecule has 1 unspecified atom stereocenters. The number of hydrogen-bond acceptors (Lipinski definition) is 3. The summed E-state index contributed by atoms with van der Waals surface area (Å²) in [5.41, 5.74) is 0. The highest BCUT2D eigenvalue weighted by Gasteiger charge is 2.28. The normalized spacial score (nSPS) is 24.0. The van der Waals surface area contributed by atoms with E-state index in [1.807, 2.05) is 18.9 Å². The predicted octanol–water partition coefficient (Wildman–Crippen LogP) is -0.376. The molecular formula is C9H16N2O3. The second kappa shape index (κ2) is 4.41. The number of aliphatic carboxylic acids is 1. The van der Waals surface area contributed by atoms with E-state index in [0.29, 0.717) is 13.1 Å². The molecular weight excluding hydrogens is 184 g/mol. The van der Waals surface area contributed by atoms with E-state index in [1.165, 1.54) is 0 Å². The number of rotatable bonds is 3. The lowest BCUT2D eigenvalue weighted by Crippen LogP contribution is -2.54. The van der Waals surface area contributed by atoms with Crippen LogP contribution in [0.25, 0.3) is 0 Å². The fraction of sp³-hybridized carbons (Fsp3) is 0.778. The summed E-state index contributed by atoms with van der Waals surface area (Å²) in [5.74, 6) is -0.829. The second-order valence-corrected chi connectivity index (χ2v) is 3.63. The number of piperazine rings is 1. The predicted molar refractivity (Wildman–Crippen MR) is 50.9 cm³/mol. The second-order valence-electron chi connectivity index (χ2n) is 3.63. The minimum Gasteiger partial charge on any atom is -0.481 e. The van der Waals surface area contributed by atoms with Crippen molar-refractivity contribution in [2.24, 2.45) is 0 Å². The van der Waals surface area contributed by atoms with E-state index in [2.05, 4.69) is 0 Å². The van der Waals surface area contributed by atoms with Crippen molar-refractivity contribution < 1.29 is 14.7 Å². The Morgan fingerprint density at radius 3 is 2.79 bits per heavy atom. The van der Waals surface area contributed by atoms with Gasteiger partial charge in [0, 0.05) is 19.6 Å². The van der Waals surface area contributed by atoms with Gasteiger partial charge in [0.1, 0.15) is 0 Å². The summed E-state index contributed by atoms with van der Waals surface area (Å²) in [6, 6.07) is -0.127. The van der Waals surface area contributed by atoms with Crippen molar-refractivity contribution in [3.63, 3.8) is 0 Å². The zero-order valence-corrected chi connectivity index (χ0v) is 8.56. The Morgan fingerprint density at radius 2 is 2.21 bits per heavy atom. The van der Waals surface area contributed by atoms with E-state index < -0.39 is 5.97 Å². The Balaban J connectivity index is 2.47. The van der Waals surface area contributed by atoms with Crippen molar-refractivity contribution in [2.75, 3.05) is 26.7 Å². The number of carboxylic acids is 1. The molecule has 1 heterocycles. The summed E-state index contributed by atoms with van der Waals surface area (Å²) in [6.07, 6.45) is 0.0299. The quantitative estimate of drug-likeness (QED) is 0.675. The van der Waals surface area contributed by atoms with Crippen LogP contribution in [-0.2, 0) is 9.59 Å². The van der Waals surface area contributed by atoms with Crippen LogP contribution < -0.4 is 0 Å². The molecule has 5 nitrogen and oxygen atoms in total. The van der Waals surface area contributed by atoms with Crippen molar-refractivity contribution >= 4 is 11.9 Å². The largest absolute Gasteiger partial charge is 0.481 e. The maximum Gasteiger partial charge on any atom is 0.305 e. The molecule has 80 valence electrons. The Hall–Kier alpha value is -1.10. The van der Waals surface area contributed by atoms with E-state index in [0.717, 1.165) is 6.54 Å². The molecule has 1 amide bonds. The minimum atomic E-state index is -0.857. The Kier molecular flexibility index (Phi) is 3.46. The molecule has 0 aromatic rings. The molecule has 5 heteroatoms. The number of likely N-dealkylation sites (N-methyl/N-ethyl adjacent to an activating group) is 1. The first-order valence-corrected chi connectivity index (χ1v) is 4.73. The van der Waals surface area contributed by atoms with Crippen LogP contribution in [0.2, 0.25) is 0 Å². The van der Waals surface area contributed by atoms with Gasteiger partial charge < -0.3 is 10.0 Å². The molecule has 0 bridgehead atoms. The van der Waals surface area contributed by atoms with Gasteiger partial charge in [-0.05, 0) is 14.0 Å². The topological polar surface area (TPSA) is 60.9 Å². The molecule has 0 aliphatic carbocycles. The number of hydrogen-bond donors (Lipinski definition) is 1. The number of amides is 1. The van der Waals surface area contributed by atoms with E-state index >= 15 is 0 Å². The third-order valence-electron chi connectivity index (χ3n) is 2.65. The third kappa shape index (κ3) is 2.45. The van der Waals surface area contributed by atoms with Gasteiger partial charge in [-0.15, -0.1) is 0 Å². The van der Waals surface area contributed by atoms with Crippen LogP contribution in [0.1, 0.15) is 13.3 Å². The lowest BCUT2D eigenvalue weighted by Gasteiger charge is -2.36. The fourth-order valence-corrected chi connectivity index (χ4v) is 1.49. The average Bonchev–Trinajstić information content (AvgIpc) is 2.13. The molecule has 0 radical (unpaired) electrons. The van der Waals surface area contributed by atoms with Crippen LogP contribution in [0.15, 0.2) is 0 Å². The average molecular weight is 200 g/mol. The minimum absolute atomic E-state index is 0.0278. The zero-order chi connectivity index (χ0) is 10.7. The van der Waals surface area contributed by atoms with E-state index in [-0.39, 0.29) is 18.4 Å². The summed E-state index contributed by atoms with van der Waals surface area (Å²) in [6.45, 7) is 3.61. The van der Waals surface area contributed by atoms with E-state index in [4.69, 9.17) is 5.11 Å². The van der Waals surface area contributed by atoms with Crippen LogP contribution in [-0.4, -0.2) is 59.5 Å². The van der Waals surface area contributed by atoms with Gasteiger partial charge in [0.25, 0.3) is 0 Å². The standard InChI is InChI=1S/C9H16N2O3/c1-7-9(14)11(4-3-8(12)13)6-5-10(7)2/h7H,3-6H2,1-2H3,(H,12,13). The van der Waals surface area contributed by atoms with Crippen molar-refractivity contribution in [1.82, 2.24) is 9.80 Å². The summed E-state index contributed by atoms with van der Waals surface area (Å²) >= 11 is 0. The van der Waals surface area contributed by atoms with Crippen molar-refractivity contribution in [1.29, 1.82) is 0 Å². The highest BCUT2D eigenvalue weighted by atomic mass is 16.4. The molecule has 1 fully saturated rings. The Morgan fingerprint density at radius 1 is 1.57 bits per heavy atom. The van der Waals surface area contributed by atoms with Gasteiger partial charge in [-0.1, -0.05) is 0 Å². The van der Waals surface area contributed by atoms with Crippen molar-refractivity contribution in [3.05, 3.63) is 0 Å². The molecule has 1 aliphatic heterocycles. The first-order valence-electron chi connectivity index (χ1n) is 4.73.